The first-order valence-electron chi connectivity index (χ1n) is 7.07. The first kappa shape index (κ1) is 14.8. The number of fused-ring (bicyclic) bond motifs is 1. The van der Waals surface area contributed by atoms with E-state index in [4.69, 9.17) is 0 Å². The van der Waals surface area contributed by atoms with Crippen LogP contribution in [0.3, 0.4) is 0 Å². The van der Waals surface area contributed by atoms with Crippen molar-refractivity contribution in [2.45, 2.75) is 13.8 Å². The van der Waals surface area contributed by atoms with Crippen molar-refractivity contribution in [3.63, 3.8) is 0 Å². The molecule has 0 amide bonds. The summed E-state index contributed by atoms with van der Waals surface area (Å²) in [6.45, 7) is 7.75. The van der Waals surface area contributed by atoms with Crippen LogP contribution in [0, 0.1) is 13.8 Å². The van der Waals surface area contributed by atoms with E-state index in [0.717, 1.165) is 32.2 Å². The molecule has 110 valence electrons. The SMILES string of the molecule is C=CC(=O)n1c(-c2ccc(C)cc2)c(C)c2cc(Br)ccc21. The fraction of sp³-hybridized carbons (Fsp3) is 0.105. The van der Waals surface area contributed by atoms with Crippen molar-refractivity contribution in [2.75, 3.05) is 0 Å². The molecule has 1 heterocycles. The highest BCUT2D eigenvalue weighted by Crippen LogP contribution is 2.34. The predicted molar refractivity (Wildman–Crippen MR) is 95.4 cm³/mol. The average molecular weight is 354 g/mol. The van der Waals surface area contributed by atoms with Gasteiger partial charge in [0, 0.05) is 9.86 Å². The van der Waals surface area contributed by atoms with Gasteiger partial charge in [-0.1, -0.05) is 52.3 Å². The van der Waals surface area contributed by atoms with Crippen LogP contribution in [0.25, 0.3) is 22.2 Å². The van der Waals surface area contributed by atoms with Gasteiger partial charge in [-0.2, -0.15) is 0 Å². The number of aromatic nitrogens is 1. The van der Waals surface area contributed by atoms with Gasteiger partial charge in [0.25, 0.3) is 5.91 Å². The quantitative estimate of drug-likeness (QED) is 0.556. The second kappa shape index (κ2) is 5.58. The van der Waals surface area contributed by atoms with E-state index < -0.39 is 0 Å². The molecule has 0 aliphatic rings. The maximum atomic E-state index is 12.4. The zero-order chi connectivity index (χ0) is 15.9. The molecule has 2 nitrogen and oxygen atoms in total. The molecule has 0 saturated heterocycles. The van der Waals surface area contributed by atoms with Crippen LogP contribution in [-0.2, 0) is 0 Å². The largest absolute Gasteiger partial charge is 0.276 e. The highest BCUT2D eigenvalue weighted by Gasteiger charge is 2.19. The predicted octanol–water partition coefficient (Wildman–Crippen LogP) is 5.51. The number of carbonyl (C=O) groups excluding carboxylic acids is 1. The summed E-state index contributed by atoms with van der Waals surface area (Å²) in [5.41, 5.74) is 5.15. The van der Waals surface area contributed by atoms with Crippen molar-refractivity contribution in [2.24, 2.45) is 0 Å². The molecule has 0 N–H and O–H groups in total. The van der Waals surface area contributed by atoms with E-state index in [-0.39, 0.29) is 5.91 Å². The van der Waals surface area contributed by atoms with E-state index in [9.17, 15) is 4.79 Å². The van der Waals surface area contributed by atoms with Crippen molar-refractivity contribution in [3.05, 3.63) is 70.7 Å². The third kappa shape index (κ3) is 2.32. The van der Waals surface area contributed by atoms with Gasteiger partial charge in [0.1, 0.15) is 0 Å². The monoisotopic (exact) mass is 353 g/mol. The Labute approximate surface area is 138 Å². The standard InChI is InChI=1S/C19H16BrNO/c1-4-18(22)21-17-10-9-15(20)11-16(17)13(3)19(21)14-7-5-12(2)6-8-14/h4-11H,1H2,2-3H3. The first-order valence-corrected chi connectivity index (χ1v) is 7.86. The summed E-state index contributed by atoms with van der Waals surface area (Å²) < 4.78 is 2.75. The molecule has 0 aliphatic heterocycles. The van der Waals surface area contributed by atoms with Crippen LogP contribution in [-0.4, -0.2) is 10.5 Å². The second-order valence-corrected chi connectivity index (χ2v) is 6.29. The fourth-order valence-corrected chi connectivity index (χ4v) is 3.16. The molecule has 3 heteroatoms. The van der Waals surface area contributed by atoms with Gasteiger partial charge in [-0.3, -0.25) is 9.36 Å². The third-order valence-corrected chi connectivity index (χ3v) is 4.40. The summed E-state index contributed by atoms with van der Waals surface area (Å²) >= 11 is 3.51. The summed E-state index contributed by atoms with van der Waals surface area (Å²) in [6.07, 6.45) is 1.36. The minimum absolute atomic E-state index is 0.115. The van der Waals surface area contributed by atoms with E-state index in [1.54, 1.807) is 4.57 Å². The zero-order valence-corrected chi connectivity index (χ0v) is 14.1. The minimum atomic E-state index is -0.115. The van der Waals surface area contributed by atoms with Crippen LogP contribution in [0.1, 0.15) is 15.9 Å². The molecule has 3 aromatic rings. The molecule has 0 saturated carbocycles. The Bertz CT molecular complexity index is 888. The van der Waals surface area contributed by atoms with Crippen LogP contribution in [0.4, 0.5) is 0 Å². The Morgan fingerprint density at radius 2 is 1.82 bits per heavy atom. The number of hydrogen-bond donors (Lipinski definition) is 0. The van der Waals surface area contributed by atoms with Gasteiger partial charge in [0.15, 0.2) is 0 Å². The summed E-state index contributed by atoms with van der Waals surface area (Å²) in [7, 11) is 0. The Hall–Kier alpha value is -2.13. The van der Waals surface area contributed by atoms with Gasteiger partial charge in [-0.15, -0.1) is 0 Å². The van der Waals surface area contributed by atoms with Gasteiger partial charge in [-0.05, 0) is 49.2 Å². The molecular formula is C19H16BrNO. The topological polar surface area (TPSA) is 22.0 Å². The number of rotatable bonds is 2. The second-order valence-electron chi connectivity index (χ2n) is 5.38. The summed E-state index contributed by atoms with van der Waals surface area (Å²) in [6, 6.07) is 14.2. The average Bonchev–Trinajstić information content (AvgIpc) is 2.80. The molecule has 0 unspecified atom stereocenters. The van der Waals surface area contributed by atoms with Crippen molar-refractivity contribution in [1.29, 1.82) is 0 Å². The third-order valence-electron chi connectivity index (χ3n) is 3.90. The number of carbonyl (C=O) groups is 1. The lowest BCUT2D eigenvalue weighted by Gasteiger charge is -2.08. The smallest absolute Gasteiger partial charge is 0.254 e. The number of benzene rings is 2. The van der Waals surface area contributed by atoms with E-state index >= 15 is 0 Å². The summed E-state index contributed by atoms with van der Waals surface area (Å²) in [5, 5.41) is 1.07. The van der Waals surface area contributed by atoms with Gasteiger partial charge >= 0.3 is 0 Å². The Morgan fingerprint density at radius 3 is 2.45 bits per heavy atom. The number of nitrogens with zero attached hydrogens (tertiary/aromatic N) is 1. The molecular weight excluding hydrogens is 338 g/mol. The molecule has 0 atom stereocenters. The van der Waals surface area contributed by atoms with Gasteiger partial charge in [0.05, 0.1) is 11.2 Å². The van der Waals surface area contributed by atoms with Gasteiger partial charge in [-0.25, -0.2) is 0 Å². The van der Waals surface area contributed by atoms with Crippen molar-refractivity contribution < 1.29 is 4.79 Å². The lowest BCUT2D eigenvalue weighted by molar-refractivity contribution is 0.0976. The number of halogens is 1. The Balaban J connectivity index is 2.41. The zero-order valence-electron chi connectivity index (χ0n) is 12.6. The molecule has 0 aliphatic carbocycles. The molecule has 0 radical (unpaired) electrons. The van der Waals surface area contributed by atoms with E-state index in [1.165, 1.54) is 11.6 Å². The molecule has 3 rings (SSSR count). The van der Waals surface area contributed by atoms with Gasteiger partial charge in [0.2, 0.25) is 0 Å². The Kier molecular flexibility index (Phi) is 3.75. The number of allylic oxidation sites excluding steroid dienone is 1. The van der Waals surface area contributed by atoms with Gasteiger partial charge < -0.3 is 0 Å². The van der Waals surface area contributed by atoms with E-state index in [0.29, 0.717) is 0 Å². The van der Waals surface area contributed by atoms with Crippen LogP contribution >= 0.6 is 15.9 Å². The van der Waals surface area contributed by atoms with E-state index in [2.05, 4.69) is 66.7 Å². The molecule has 1 aromatic heterocycles. The lowest BCUT2D eigenvalue weighted by Crippen LogP contribution is -2.08. The summed E-state index contributed by atoms with van der Waals surface area (Å²) in [5.74, 6) is -0.115. The number of hydrogen-bond acceptors (Lipinski definition) is 1. The van der Waals surface area contributed by atoms with Crippen molar-refractivity contribution in [1.82, 2.24) is 4.57 Å². The highest BCUT2D eigenvalue weighted by molar-refractivity contribution is 9.10. The van der Waals surface area contributed by atoms with Crippen LogP contribution < -0.4 is 0 Å². The lowest BCUT2D eigenvalue weighted by atomic mass is 10.1. The van der Waals surface area contributed by atoms with Crippen LogP contribution in [0.15, 0.2) is 59.6 Å². The highest BCUT2D eigenvalue weighted by atomic mass is 79.9. The molecule has 2 aromatic carbocycles. The molecule has 0 fully saturated rings. The fourth-order valence-electron chi connectivity index (χ4n) is 2.80. The van der Waals surface area contributed by atoms with Crippen LogP contribution in [0.2, 0.25) is 0 Å². The van der Waals surface area contributed by atoms with Crippen molar-refractivity contribution in [3.8, 4) is 11.3 Å². The number of aryl methyl sites for hydroxylation is 2. The Morgan fingerprint density at radius 1 is 1.14 bits per heavy atom. The van der Waals surface area contributed by atoms with E-state index in [1.807, 2.05) is 12.1 Å². The normalized spacial score (nSPS) is 10.9. The molecule has 22 heavy (non-hydrogen) atoms. The first-order chi connectivity index (χ1) is 10.5. The minimum Gasteiger partial charge on any atom is -0.276 e. The molecule has 0 bridgehead atoms. The summed E-state index contributed by atoms with van der Waals surface area (Å²) in [4.78, 5) is 12.4. The van der Waals surface area contributed by atoms with Crippen LogP contribution in [0.5, 0.6) is 0 Å². The maximum absolute atomic E-state index is 12.4. The maximum Gasteiger partial charge on any atom is 0.254 e. The molecule has 0 spiro atoms. The van der Waals surface area contributed by atoms with Crippen molar-refractivity contribution >= 4 is 32.7 Å².